The third kappa shape index (κ3) is 3.30. The largest absolute Gasteiger partial charge is 0.303 e. The Morgan fingerprint density at radius 3 is 2.86 bits per heavy atom. The Bertz CT molecular complexity index is 751. The summed E-state index contributed by atoms with van der Waals surface area (Å²) >= 11 is 2.86. The Hall–Kier alpha value is -1.87. The van der Waals surface area contributed by atoms with E-state index in [1.165, 1.54) is 23.3 Å². The molecular formula is C13H15N7S2. The fraction of sp³-hybridized carbons (Fsp3) is 0.385. The standard InChI is InChI=1S/C13H15N7S2/c1-8(2)6-10-16-13(22-19-10)21-12-18-17-11(20(12)3)9-7-14-4-5-15-9/h4-5,7-8H,6H2,1-3H3. The molecular weight excluding hydrogens is 318 g/mol. The van der Waals surface area contributed by atoms with E-state index < -0.39 is 0 Å². The zero-order valence-corrected chi connectivity index (χ0v) is 14.1. The fourth-order valence-electron chi connectivity index (χ4n) is 1.85. The summed E-state index contributed by atoms with van der Waals surface area (Å²) in [5.74, 6) is 2.12. The van der Waals surface area contributed by atoms with Crippen molar-refractivity contribution in [1.29, 1.82) is 0 Å². The van der Waals surface area contributed by atoms with E-state index in [0.717, 1.165) is 21.7 Å². The lowest BCUT2D eigenvalue weighted by molar-refractivity contribution is 0.625. The zero-order chi connectivity index (χ0) is 15.5. The van der Waals surface area contributed by atoms with Crippen LogP contribution in [-0.4, -0.2) is 34.1 Å². The minimum Gasteiger partial charge on any atom is -0.303 e. The highest BCUT2D eigenvalue weighted by Gasteiger charge is 2.15. The summed E-state index contributed by atoms with van der Waals surface area (Å²) in [7, 11) is 1.91. The van der Waals surface area contributed by atoms with Gasteiger partial charge in [-0.25, -0.2) is 9.97 Å². The summed E-state index contributed by atoms with van der Waals surface area (Å²) in [4.78, 5) is 12.8. The minimum atomic E-state index is 0.547. The molecule has 0 saturated heterocycles. The molecule has 0 unspecified atom stereocenters. The Balaban J connectivity index is 1.79. The van der Waals surface area contributed by atoms with Crippen molar-refractivity contribution in [2.75, 3.05) is 0 Å². The molecule has 0 amide bonds. The summed E-state index contributed by atoms with van der Waals surface area (Å²) in [6.45, 7) is 4.31. The summed E-state index contributed by atoms with van der Waals surface area (Å²) in [6, 6.07) is 0. The lowest BCUT2D eigenvalue weighted by Crippen LogP contribution is -1.97. The molecule has 7 nitrogen and oxygen atoms in total. The summed E-state index contributed by atoms with van der Waals surface area (Å²) in [6.07, 6.45) is 5.83. The van der Waals surface area contributed by atoms with Gasteiger partial charge in [0, 0.05) is 25.9 Å². The van der Waals surface area contributed by atoms with Crippen molar-refractivity contribution in [1.82, 2.24) is 34.1 Å². The van der Waals surface area contributed by atoms with Gasteiger partial charge >= 0.3 is 0 Å². The maximum atomic E-state index is 4.53. The molecule has 0 atom stereocenters. The molecule has 0 radical (unpaired) electrons. The first-order chi connectivity index (χ1) is 10.6. The maximum absolute atomic E-state index is 4.53. The van der Waals surface area contributed by atoms with Crippen molar-refractivity contribution in [3.05, 3.63) is 24.4 Å². The van der Waals surface area contributed by atoms with E-state index in [1.54, 1.807) is 18.6 Å². The SMILES string of the molecule is CC(C)Cc1nsc(Sc2nnc(-c3cnccn3)n2C)n1. The lowest BCUT2D eigenvalue weighted by Gasteiger charge is -2.01. The van der Waals surface area contributed by atoms with Crippen LogP contribution in [0.5, 0.6) is 0 Å². The first kappa shape index (κ1) is 15.0. The van der Waals surface area contributed by atoms with E-state index in [1.807, 2.05) is 11.6 Å². The number of hydrogen-bond donors (Lipinski definition) is 0. The van der Waals surface area contributed by atoms with Crippen molar-refractivity contribution in [2.24, 2.45) is 13.0 Å². The first-order valence-corrected chi connectivity index (χ1v) is 8.38. The molecule has 9 heteroatoms. The number of rotatable bonds is 5. The second kappa shape index (κ2) is 6.49. The molecule has 3 rings (SSSR count). The van der Waals surface area contributed by atoms with Crippen molar-refractivity contribution in [2.45, 2.75) is 29.8 Å². The molecule has 3 heterocycles. The highest BCUT2D eigenvalue weighted by Crippen LogP contribution is 2.29. The average molecular weight is 333 g/mol. The summed E-state index contributed by atoms with van der Waals surface area (Å²) < 4.78 is 7.14. The van der Waals surface area contributed by atoms with Crippen molar-refractivity contribution < 1.29 is 0 Å². The van der Waals surface area contributed by atoms with Gasteiger partial charge in [0.05, 0.1) is 6.20 Å². The maximum Gasteiger partial charge on any atom is 0.198 e. The van der Waals surface area contributed by atoms with Crippen LogP contribution in [-0.2, 0) is 13.5 Å². The average Bonchev–Trinajstić information content (AvgIpc) is 3.08. The minimum absolute atomic E-state index is 0.547. The molecule has 3 aromatic rings. The van der Waals surface area contributed by atoms with Crippen LogP contribution in [0, 0.1) is 5.92 Å². The Morgan fingerprint density at radius 1 is 1.27 bits per heavy atom. The van der Waals surface area contributed by atoms with Crippen LogP contribution < -0.4 is 0 Å². The number of aromatic nitrogens is 7. The lowest BCUT2D eigenvalue weighted by atomic mass is 10.1. The third-order valence-corrected chi connectivity index (χ3v) is 4.67. The normalized spacial score (nSPS) is 11.3. The molecule has 0 N–H and O–H groups in total. The third-order valence-electron chi connectivity index (χ3n) is 2.85. The highest BCUT2D eigenvalue weighted by molar-refractivity contribution is 8.00. The van der Waals surface area contributed by atoms with Gasteiger partial charge in [-0.3, -0.25) is 4.98 Å². The van der Waals surface area contributed by atoms with Crippen LogP contribution in [0.2, 0.25) is 0 Å². The van der Waals surface area contributed by atoms with E-state index in [-0.39, 0.29) is 0 Å². The Labute approximate surface area is 136 Å². The van der Waals surface area contributed by atoms with Crippen LogP contribution in [0.1, 0.15) is 19.7 Å². The van der Waals surface area contributed by atoms with Crippen LogP contribution >= 0.6 is 23.3 Å². The van der Waals surface area contributed by atoms with E-state index in [2.05, 4.69) is 43.4 Å². The second-order valence-corrected chi connectivity index (χ2v) is 7.10. The van der Waals surface area contributed by atoms with Crippen LogP contribution in [0.25, 0.3) is 11.5 Å². The van der Waals surface area contributed by atoms with Gasteiger partial charge in [-0.15, -0.1) is 10.2 Å². The van der Waals surface area contributed by atoms with Gasteiger partial charge in [-0.05, 0) is 29.2 Å². The smallest absolute Gasteiger partial charge is 0.198 e. The first-order valence-electron chi connectivity index (χ1n) is 6.79. The van der Waals surface area contributed by atoms with Gasteiger partial charge in [-0.1, -0.05) is 13.8 Å². The molecule has 114 valence electrons. The molecule has 0 aromatic carbocycles. The van der Waals surface area contributed by atoms with Crippen LogP contribution in [0.4, 0.5) is 0 Å². The monoisotopic (exact) mass is 333 g/mol. The van der Waals surface area contributed by atoms with Gasteiger partial charge in [0.1, 0.15) is 11.5 Å². The van der Waals surface area contributed by atoms with Gasteiger partial charge in [-0.2, -0.15) is 4.37 Å². The van der Waals surface area contributed by atoms with E-state index in [4.69, 9.17) is 0 Å². The Morgan fingerprint density at radius 2 is 2.14 bits per heavy atom. The van der Waals surface area contributed by atoms with E-state index in [0.29, 0.717) is 17.4 Å². The van der Waals surface area contributed by atoms with Gasteiger partial charge < -0.3 is 4.57 Å². The molecule has 3 aromatic heterocycles. The number of nitrogens with zero attached hydrogens (tertiary/aromatic N) is 7. The second-order valence-electron chi connectivity index (χ2n) is 5.13. The van der Waals surface area contributed by atoms with Crippen molar-refractivity contribution >= 4 is 23.3 Å². The van der Waals surface area contributed by atoms with Crippen molar-refractivity contribution in [3.8, 4) is 11.5 Å². The van der Waals surface area contributed by atoms with Crippen molar-refractivity contribution in [3.63, 3.8) is 0 Å². The quantitative estimate of drug-likeness (QED) is 0.709. The van der Waals surface area contributed by atoms with Gasteiger partial charge in [0.25, 0.3) is 0 Å². The van der Waals surface area contributed by atoms with E-state index in [9.17, 15) is 0 Å². The molecule has 22 heavy (non-hydrogen) atoms. The fourth-order valence-corrected chi connectivity index (χ4v) is 3.39. The molecule has 0 aliphatic rings. The molecule has 0 aliphatic carbocycles. The Kier molecular flexibility index (Phi) is 4.44. The molecule has 0 saturated carbocycles. The summed E-state index contributed by atoms with van der Waals surface area (Å²) in [5, 5.41) is 9.15. The molecule has 0 fully saturated rings. The molecule has 0 bridgehead atoms. The predicted octanol–water partition coefficient (Wildman–Crippen LogP) is 2.47. The van der Waals surface area contributed by atoms with Gasteiger partial charge in [0.15, 0.2) is 15.3 Å². The molecule has 0 spiro atoms. The molecule has 0 aliphatic heterocycles. The van der Waals surface area contributed by atoms with E-state index >= 15 is 0 Å². The summed E-state index contributed by atoms with van der Waals surface area (Å²) in [5.41, 5.74) is 0.696. The van der Waals surface area contributed by atoms with Crippen LogP contribution in [0.15, 0.2) is 28.1 Å². The topological polar surface area (TPSA) is 82.3 Å². The van der Waals surface area contributed by atoms with Crippen LogP contribution in [0.3, 0.4) is 0 Å². The highest BCUT2D eigenvalue weighted by atomic mass is 32.2. The number of hydrogen-bond acceptors (Lipinski definition) is 8. The predicted molar refractivity (Wildman–Crippen MR) is 84.6 cm³/mol. The van der Waals surface area contributed by atoms with Gasteiger partial charge in [0.2, 0.25) is 0 Å². The zero-order valence-electron chi connectivity index (χ0n) is 12.5.